The Labute approximate surface area is 197 Å². The smallest absolute Gasteiger partial charge is 0.250 e. The zero-order valence-electron chi connectivity index (χ0n) is 18.4. The molecule has 0 amide bonds. The van der Waals surface area contributed by atoms with Crippen molar-refractivity contribution in [2.75, 3.05) is 13.1 Å². The van der Waals surface area contributed by atoms with Crippen molar-refractivity contribution in [3.05, 3.63) is 101 Å². The number of nitrogens with zero attached hydrogens (tertiary/aromatic N) is 2. The predicted octanol–water partition coefficient (Wildman–Crippen LogP) is 4.62. The highest BCUT2D eigenvalue weighted by Gasteiger charge is 2.40. The molecular weight excluding hydrogens is 451 g/mol. The summed E-state index contributed by atoms with van der Waals surface area (Å²) in [4.78, 5) is 12.9. The van der Waals surface area contributed by atoms with Gasteiger partial charge >= 0.3 is 0 Å². The Hall–Kier alpha value is -3.29. The van der Waals surface area contributed by atoms with Gasteiger partial charge in [-0.3, -0.25) is 4.79 Å². The Kier molecular flexibility index (Phi) is 4.93. The zero-order chi connectivity index (χ0) is 23.4. The van der Waals surface area contributed by atoms with E-state index >= 15 is 0 Å². The number of rotatable bonds is 3. The molecule has 1 fully saturated rings. The van der Waals surface area contributed by atoms with Gasteiger partial charge in [-0.1, -0.05) is 36.4 Å². The fourth-order valence-corrected chi connectivity index (χ4v) is 7.09. The van der Waals surface area contributed by atoms with E-state index in [2.05, 4.69) is 30.3 Å². The molecule has 1 aromatic heterocycles. The van der Waals surface area contributed by atoms with Crippen LogP contribution in [0.15, 0.2) is 88.6 Å². The number of sulfonamides is 1. The van der Waals surface area contributed by atoms with E-state index < -0.39 is 15.8 Å². The largest absolute Gasteiger partial charge is 0.311 e. The van der Waals surface area contributed by atoms with Crippen LogP contribution in [0.3, 0.4) is 0 Å². The Morgan fingerprint density at radius 3 is 2.38 bits per heavy atom. The summed E-state index contributed by atoms with van der Waals surface area (Å²) in [7, 11) is -3.76. The minimum absolute atomic E-state index is 0.0472. The Morgan fingerprint density at radius 1 is 0.824 bits per heavy atom. The summed E-state index contributed by atoms with van der Waals surface area (Å²) in [5, 5.41) is 2.25. The number of hydrogen-bond acceptors (Lipinski definition) is 3. The van der Waals surface area contributed by atoms with Crippen LogP contribution >= 0.6 is 0 Å². The molecule has 2 aliphatic heterocycles. The first-order chi connectivity index (χ1) is 16.4. The SMILES string of the molecule is O=c1ccc(-c2ccc3ccccc3c2)c2n1CC1CC2CN(S(=O)(=O)c2ccc(F)cc2)C1. The van der Waals surface area contributed by atoms with Crippen LogP contribution in [0.1, 0.15) is 18.0 Å². The van der Waals surface area contributed by atoms with Crippen molar-refractivity contribution < 1.29 is 12.8 Å². The van der Waals surface area contributed by atoms with Gasteiger partial charge in [0.15, 0.2) is 0 Å². The fraction of sp³-hybridized carbons (Fsp3) is 0.222. The van der Waals surface area contributed by atoms with Crippen LogP contribution < -0.4 is 5.56 Å². The third-order valence-electron chi connectivity index (χ3n) is 7.07. The van der Waals surface area contributed by atoms with Gasteiger partial charge < -0.3 is 4.57 Å². The molecule has 2 bridgehead atoms. The molecule has 0 saturated carbocycles. The molecule has 6 rings (SSSR count). The second-order valence-electron chi connectivity index (χ2n) is 9.22. The van der Waals surface area contributed by atoms with Crippen LogP contribution in [-0.2, 0) is 16.6 Å². The summed E-state index contributed by atoms with van der Waals surface area (Å²) < 4.78 is 43.4. The number of benzene rings is 3. The lowest BCUT2D eigenvalue weighted by Gasteiger charge is -2.42. The van der Waals surface area contributed by atoms with Crippen molar-refractivity contribution in [2.45, 2.75) is 23.8 Å². The number of hydrogen-bond donors (Lipinski definition) is 0. The first-order valence-corrected chi connectivity index (χ1v) is 12.8. The molecule has 0 aliphatic carbocycles. The number of fused-ring (bicyclic) bond motifs is 5. The average Bonchev–Trinajstić information content (AvgIpc) is 2.84. The molecule has 0 spiro atoms. The van der Waals surface area contributed by atoms with Gasteiger partial charge in [-0.15, -0.1) is 0 Å². The third kappa shape index (κ3) is 3.47. The lowest BCUT2D eigenvalue weighted by molar-refractivity contribution is 0.187. The van der Waals surface area contributed by atoms with Crippen molar-refractivity contribution >= 4 is 20.8 Å². The lowest BCUT2D eigenvalue weighted by atomic mass is 9.81. The van der Waals surface area contributed by atoms with Gasteiger partial charge in [0, 0.05) is 42.9 Å². The molecule has 0 radical (unpaired) electrons. The standard InChI is InChI=1S/C27H23FN2O3S/c28-23-7-9-24(10-8-23)34(32,33)29-15-18-13-22(17-29)27-25(11-12-26(31)30(27)16-18)21-6-5-19-3-1-2-4-20(19)14-21/h1-12,14,18,22H,13,15-17H2. The number of halogens is 1. The summed E-state index contributed by atoms with van der Waals surface area (Å²) >= 11 is 0. The topological polar surface area (TPSA) is 59.4 Å². The first kappa shape index (κ1) is 21.3. The molecule has 2 unspecified atom stereocenters. The second kappa shape index (κ2) is 7.89. The monoisotopic (exact) mass is 474 g/mol. The van der Waals surface area contributed by atoms with Crippen molar-refractivity contribution in [3.8, 4) is 11.1 Å². The predicted molar refractivity (Wildman–Crippen MR) is 130 cm³/mol. The average molecular weight is 475 g/mol. The maximum atomic E-state index is 13.4. The number of pyridine rings is 1. The van der Waals surface area contributed by atoms with E-state index in [1.54, 1.807) is 6.07 Å². The third-order valence-corrected chi connectivity index (χ3v) is 8.91. The van der Waals surface area contributed by atoms with E-state index in [0.29, 0.717) is 19.6 Å². The van der Waals surface area contributed by atoms with Crippen LogP contribution in [0.2, 0.25) is 0 Å². The van der Waals surface area contributed by atoms with Gasteiger partial charge in [0.25, 0.3) is 5.56 Å². The highest BCUT2D eigenvalue weighted by molar-refractivity contribution is 7.89. The highest BCUT2D eigenvalue weighted by atomic mass is 32.2. The van der Waals surface area contributed by atoms with Crippen LogP contribution in [0.5, 0.6) is 0 Å². The van der Waals surface area contributed by atoms with E-state index in [1.807, 2.05) is 22.8 Å². The first-order valence-electron chi connectivity index (χ1n) is 11.4. The molecule has 5 nitrogen and oxygen atoms in total. The van der Waals surface area contributed by atoms with E-state index in [0.717, 1.165) is 34.0 Å². The van der Waals surface area contributed by atoms with Crippen LogP contribution in [0.4, 0.5) is 4.39 Å². The van der Waals surface area contributed by atoms with Crippen LogP contribution in [-0.4, -0.2) is 30.4 Å². The summed E-state index contributed by atoms with van der Waals surface area (Å²) in [6, 6.07) is 22.8. The molecule has 172 valence electrons. The molecule has 3 heterocycles. The normalized spacial score (nSPS) is 20.3. The second-order valence-corrected chi connectivity index (χ2v) is 11.2. The van der Waals surface area contributed by atoms with Gasteiger partial charge in [0.2, 0.25) is 10.0 Å². The molecule has 1 saturated heterocycles. The van der Waals surface area contributed by atoms with Gasteiger partial charge in [-0.25, -0.2) is 12.8 Å². The van der Waals surface area contributed by atoms with Gasteiger partial charge in [0.1, 0.15) is 5.82 Å². The summed E-state index contributed by atoms with van der Waals surface area (Å²) in [6.07, 6.45) is 0.833. The molecule has 4 aromatic rings. The van der Waals surface area contributed by atoms with Crippen molar-refractivity contribution in [3.63, 3.8) is 0 Å². The maximum Gasteiger partial charge on any atom is 0.250 e. The lowest BCUT2D eigenvalue weighted by Crippen LogP contribution is -2.49. The van der Waals surface area contributed by atoms with E-state index in [4.69, 9.17) is 0 Å². The Balaban J connectivity index is 1.43. The van der Waals surface area contributed by atoms with Crippen LogP contribution in [0.25, 0.3) is 21.9 Å². The fourth-order valence-electron chi connectivity index (χ4n) is 5.52. The van der Waals surface area contributed by atoms with E-state index in [1.165, 1.54) is 28.6 Å². The molecule has 2 atom stereocenters. The van der Waals surface area contributed by atoms with Crippen molar-refractivity contribution in [1.29, 1.82) is 0 Å². The quantitative estimate of drug-likeness (QED) is 0.436. The molecular formula is C27H23FN2O3S. The molecule has 2 aliphatic rings. The summed E-state index contributed by atoms with van der Waals surface area (Å²) in [6.45, 7) is 1.13. The molecule has 3 aromatic carbocycles. The highest BCUT2D eigenvalue weighted by Crippen LogP contribution is 2.41. The zero-order valence-corrected chi connectivity index (χ0v) is 19.2. The Morgan fingerprint density at radius 2 is 1.59 bits per heavy atom. The van der Waals surface area contributed by atoms with E-state index in [9.17, 15) is 17.6 Å². The summed E-state index contributed by atoms with van der Waals surface area (Å²) in [5.74, 6) is -0.521. The number of piperidine rings is 1. The Bertz CT molecular complexity index is 1580. The summed E-state index contributed by atoms with van der Waals surface area (Å²) in [5.41, 5.74) is 2.83. The van der Waals surface area contributed by atoms with E-state index in [-0.39, 0.29) is 22.3 Å². The van der Waals surface area contributed by atoms with Gasteiger partial charge in [-0.05, 0) is 65.1 Å². The minimum atomic E-state index is -3.76. The van der Waals surface area contributed by atoms with Gasteiger partial charge in [0.05, 0.1) is 4.90 Å². The van der Waals surface area contributed by atoms with Crippen LogP contribution in [0, 0.1) is 11.7 Å². The molecule has 0 N–H and O–H groups in total. The van der Waals surface area contributed by atoms with Crippen molar-refractivity contribution in [2.24, 2.45) is 5.92 Å². The maximum absolute atomic E-state index is 13.4. The molecule has 7 heteroatoms. The molecule has 34 heavy (non-hydrogen) atoms. The minimum Gasteiger partial charge on any atom is -0.311 e. The van der Waals surface area contributed by atoms with Gasteiger partial charge in [-0.2, -0.15) is 4.31 Å². The number of aromatic nitrogens is 1. The van der Waals surface area contributed by atoms with Crippen molar-refractivity contribution in [1.82, 2.24) is 8.87 Å².